The zero-order chi connectivity index (χ0) is 20.7. The van der Waals surface area contributed by atoms with E-state index >= 15 is 0 Å². The second kappa shape index (κ2) is 7.77. The summed E-state index contributed by atoms with van der Waals surface area (Å²) in [6.45, 7) is 1.72. The third-order valence-corrected chi connectivity index (χ3v) is 7.46. The molecule has 1 aliphatic carbocycles. The summed E-state index contributed by atoms with van der Waals surface area (Å²) >= 11 is 2.98. The summed E-state index contributed by atoms with van der Waals surface area (Å²) < 4.78 is 1.44. The Hall–Kier alpha value is -2.84. The van der Waals surface area contributed by atoms with Gasteiger partial charge in [0.05, 0.1) is 17.4 Å². The van der Waals surface area contributed by atoms with Crippen LogP contribution in [0.5, 0.6) is 0 Å². The maximum atomic E-state index is 13.2. The topological polar surface area (TPSA) is 76.9 Å². The van der Waals surface area contributed by atoms with Gasteiger partial charge in [0.15, 0.2) is 5.13 Å². The van der Waals surface area contributed by atoms with Crippen LogP contribution in [-0.2, 0) is 17.6 Å². The third-order valence-electron chi connectivity index (χ3n) is 5.50. The number of nitrogens with one attached hydrogen (secondary N) is 1. The Labute approximate surface area is 181 Å². The summed E-state index contributed by atoms with van der Waals surface area (Å²) in [6.07, 6.45) is 5.68. The van der Waals surface area contributed by atoms with Crippen LogP contribution in [0.4, 0.5) is 5.13 Å². The monoisotopic (exact) mass is 436 g/mol. The van der Waals surface area contributed by atoms with E-state index in [-0.39, 0.29) is 11.5 Å². The molecule has 1 N–H and O–H groups in total. The van der Waals surface area contributed by atoms with E-state index in [2.05, 4.69) is 15.3 Å². The minimum Gasteiger partial charge on any atom is -0.300 e. The third kappa shape index (κ3) is 3.36. The van der Waals surface area contributed by atoms with Crippen LogP contribution in [0.25, 0.3) is 21.5 Å². The van der Waals surface area contributed by atoms with Crippen molar-refractivity contribution in [2.75, 3.05) is 5.32 Å². The minimum atomic E-state index is -0.683. The second-order valence-corrected chi connectivity index (χ2v) is 9.36. The van der Waals surface area contributed by atoms with Gasteiger partial charge in [-0.05, 0) is 38.2 Å². The zero-order valence-electron chi connectivity index (χ0n) is 16.4. The molecule has 1 aliphatic rings. The van der Waals surface area contributed by atoms with Crippen LogP contribution in [0.1, 0.15) is 36.2 Å². The first-order valence-electron chi connectivity index (χ1n) is 9.95. The summed E-state index contributed by atoms with van der Waals surface area (Å²) in [6, 6.07) is 9.13. The van der Waals surface area contributed by atoms with Gasteiger partial charge in [-0.3, -0.25) is 14.2 Å². The number of aromatic nitrogens is 3. The van der Waals surface area contributed by atoms with Crippen molar-refractivity contribution in [3.8, 4) is 11.3 Å². The van der Waals surface area contributed by atoms with Crippen LogP contribution in [0.15, 0.2) is 46.8 Å². The fourth-order valence-corrected chi connectivity index (χ4v) is 5.79. The van der Waals surface area contributed by atoms with Gasteiger partial charge in [-0.25, -0.2) is 9.97 Å². The first-order chi connectivity index (χ1) is 14.6. The molecular formula is C22H20N4O2S2. The number of thiophene rings is 1. The molecule has 1 aromatic carbocycles. The second-order valence-electron chi connectivity index (χ2n) is 7.42. The Balaban J connectivity index is 1.41. The van der Waals surface area contributed by atoms with Crippen molar-refractivity contribution in [3.05, 3.63) is 62.8 Å². The van der Waals surface area contributed by atoms with Crippen LogP contribution in [0.2, 0.25) is 0 Å². The molecule has 5 rings (SSSR count). The van der Waals surface area contributed by atoms with Crippen molar-refractivity contribution in [1.29, 1.82) is 0 Å². The van der Waals surface area contributed by atoms with E-state index < -0.39 is 6.04 Å². The van der Waals surface area contributed by atoms with E-state index in [1.807, 2.05) is 35.7 Å². The molecular weight excluding hydrogens is 416 g/mol. The van der Waals surface area contributed by atoms with E-state index in [9.17, 15) is 9.59 Å². The molecule has 6 nitrogen and oxygen atoms in total. The van der Waals surface area contributed by atoms with Gasteiger partial charge in [0, 0.05) is 15.8 Å². The molecule has 0 fully saturated rings. The summed E-state index contributed by atoms with van der Waals surface area (Å²) in [4.78, 5) is 37.1. The summed E-state index contributed by atoms with van der Waals surface area (Å²) in [7, 11) is 0. The first kappa shape index (κ1) is 19.1. The predicted molar refractivity (Wildman–Crippen MR) is 121 cm³/mol. The standard InChI is InChI=1S/C22H20N4O2S2/c1-13(19(27)25-22-24-16(11-29-22)14-7-3-2-4-8-14)26-12-23-20-18(21(26)28)15-9-5-6-10-17(15)30-20/h2-4,7-8,11-13H,5-6,9-10H2,1H3,(H,24,25,27). The molecule has 152 valence electrons. The molecule has 30 heavy (non-hydrogen) atoms. The van der Waals surface area contributed by atoms with Gasteiger partial charge >= 0.3 is 0 Å². The van der Waals surface area contributed by atoms with Crippen LogP contribution in [0, 0.1) is 0 Å². The first-order valence-corrected chi connectivity index (χ1v) is 11.6. The molecule has 3 heterocycles. The van der Waals surface area contributed by atoms with Crippen molar-refractivity contribution in [3.63, 3.8) is 0 Å². The van der Waals surface area contributed by atoms with Crippen molar-refractivity contribution in [2.45, 2.75) is 38.6 Å². The molecule has 0 saturated carbocycles. The SMILES string of the molecule is CC(C(=O)Nc1nc(-c2ccccc2)cs1)n1cnc2sc3c(c2c1=O)CCCC3. The van der Waals surface area contributed by atoms with E-state index in [0.29, 0.717) is 10.5 Å². The number of thiazole rings is 1. The molecule has 1 amide bonds. The predicted octanol–water partition coefficient (Wildman–Crippen LogP) is 4.66. The Morgan fingerprint density at radius 3 is 2.83 bits per heavy atom. The number of rotatable bonds is 4. The molecule has 0 aliphatic heterocycles. The maximum Gasteiger partial charge on any atom is 0.263 e. The van der Waals surface area contributed by atoms with Gasteiger partial charge < -0.3 is 5.32 Å². The lowest BCUT2D eigenvalue weighted by atomic mass is 9.97. The van der Waals surface area contributed by atoms with Gasteiger partial charge in [0.25, 0.3) is 5.56 Å². The van der Waals surface area contributed by atoms with Gasteiger partial charge in [-0.2, -0.15) is 0 Å². The average Bonchev–Trinajstić information content (AvgIpc) is 3.39. The normalized spacial score (nSPS) is 14.4. The number of amides is 1. The van der Waals surface area contributed by atoms with Crippen LogP contribution in [-0.4, -0.2) is 20.4 Å². The maximum absolute atomic E-state index is 13.2. The minimum absolute atomic E-state index is 0.133. The number of carbonyl (C=O) groups excluding carboxylic acids is 1. The number of fused-ring (bicyclic) bond motifs is 3. The largest absolute Gasteiger partial charge is 0.300 e. The average molecular weight is 437 g/mol. The molecule has 0 bridgehead atoms. The number of carbonyl (C=O) groups is 1. The Bertz CT molecular complexity index is 1290. The van der Waals surface area contributed by atoms with E-state index in [4.69, 9.17) is 0 Å². The highest BCUT2D eigenvalue weighted by molar-refractivity contribution is 7.18. The fourth-order valence-electron chi connectivity index (χ4n) is 3.84. The summed E-state index contributed by atoms with van der Waals surface area (Å²) in [5.41, 5.74) is 2.81. The summed E-state index contributed by atoms with van der Waals surface area (Å²) in [5, 5.41) is 5.96. The highest BCUT2D eigenvalue weighted by Gasteiger charge is 2.23. The number of nitrogens with zero attached hydrogens (tertiary/aromatic N) is 3. The van der Waals surface area contributed by atoms with Crippen molar-refractivity contribution < 1.29 is 4.79 Å². The molecule has 0 spiro atoms. The molecule has 0 radical (unpaired) electrons. The van der Waals surface area contributed by atoms with Crippen molar-refractivity contribution in [1.82, 2.24) is 14.5 Å². The van der Waals surface area contributed by atoms with Gasteiger partial charge in [0.1, 0.15) is 10.9 Å². The zero-order valence-corrected chi connectivity index (χ0v) is 18.1. The smallest absolute Gasteiger partial charge is 0.263 e. The van der Waals surface area contributed by atoms with Crippen LogP contribution < -0.4 is 10.9 Å². The molecule has 1 unspecified atom stereocenters. The van der Waals surface area contributed by atoms with Gasteiger partial charge in [-0.1, -0.05) is 30.3 Å². The van der Waals surface area contributed by atoms with E-state index in [0.717, 1.165) is 47.3 Å². The molecule has 8 heteroatoms. The van der Waals surface area contributed by atoms with Crippen molar-refractivity contribution >= 4 is 43.9 Å². The molecule has 0 saturated heterocycles. The van der Waals surface area contributed by atoms with Crippen molar-refractivity contribution in [2.24, 2.45) is 0 Å². The molecule has 4 aromatic rings. The highest BCUT2D eigenvalue weighted by atomic mass is 32.1. The lowest BCUT2D eigenvalue weighted by Gasteiger charge is -2.14. The Morgan fingerprint density at radius 2 is 2.00 bits per heavy atom. The van der Waals surface area contributed by atoms with Gasteiger partial charge in [0.2, 0.25) is 5.91 Å². The number of hydrogen-bond donors (Lipinski definition) is 1. The molecule has 3 aromatic heterocycles. The number of hydrogen-bond acceptors (Lipinski definition) is 6. The quantitative estimate of drug-likeness (QED) is 0.505. The lowest BCUT2D eigenvalue weighted by molar-refractivity contribution is -0.118. The van der Waals surface area contributed by atoms with Crippen LogP contribution in [0.3, 0.4) is 0 Å². The number of aryl methyl sites for hydroxylation is 2. The summed E-state index contributed by atoms with van der Waals surface area (Å²) in [5.74, 6) is -0.281. The van der Waals surface area contributed by atoms with Crippen LogP contribution >= 0.6 is 22.7 Å². The van der Waals surface area contributed by atoms with E-state index in [1.165, 1.54) is 27.1 Å². The number of anilines is 1. The lowest BCUT2D eigenvalue weighted by Crippen LogP contribution is -2.32. The van der Waals surface area contributed by atoms with Gasteiger partial charge in [-0.15, -0.1) is 22.7 Å². The fraction of sp³-hybridized carbons (Fsp3) is 0.273. The van der Waals surface area contributed by atoms with E-state index in [1.54, 1.807) is 18.3 Å². The Morgan fingerprint density at radius 1 is 1.20 bits per heavy atom. The molecule has 1 atom stereocenters. The highest BCUT2D eigenvalue weighted by Crippen LogP contribution is 2.33. The Kier molecular flexibility index (Phi) is 4.96. The number of benzene rings is 1.